The van der Waals surface area contributed by atoms with Gasteiger partial charge in [-0.15, -0.1) is 24.0 Å². The molecule has 1 aromatic carbocycles. The van der Waals surface area contributed by atoms with Crippen molar-refractivity contribution in [2.75, 3.05) is 19.7 Å². The van der Waals surface area contributed by atoms with Crippen molar-refractivity contribution in [3.63, 3.8) is 0 Å². The van der Waals surface area contributed by atoms with E-state index in [1.54, 1.807) is 6.07 Å². The van der Waals surface area contributed by atoms with Crippen LogP contribution in [0.4, 0.5) is 4.39 Å². The first-order valence-corrected chi connectivity index (χ1v) is 8.27. The molecule has 0 bridgehead atoms. The Morgan fingerprint density at radius 2 is 1.96 bits per heavy atom. The minimum absolute atomic E-state index is 0. The maximum absolute atomic E-state index is 13.9. The molecule has 0 aliphatic heterocycles. The summed E-state index contributed by atoms with van der Waals surface area (Å²) in [6, 6.07) is 8.95. The maximum Gasteiger partial charge on any atom is 0.191 e. The van der Waals surface area contributed by atoms with Crippen molar-refractivity contribution in [2.45, 2.75) is 26.9 Å². The van der Waals surface area contributed by atoms with Gasteiger partial charge >= 0.3 is 0 Å². The van der Waals surface area contributed by atoms with Crippen LogP contribution in [-0.4, -0.2) is 30.2 Å². The molecule has 1 heterocycles. The van der Waals surface area contributed by atoms with E-state index in [0.717, 1.165) is 31.2 Å². The highest BCUT2D eigenvalue weighted by Gasteiger charge is 2.04. The molecule has 138 valence electrons. The molecule has 1 aromatic heterocycles. The fraction of sp³-hybridized carbons (Fsp3) is 0.389. The number of hydrogen-bond acceptors (Lipinski definition) is 2. The zero-order valence-corrected chi connectivity index (χ0v) is 17.0. The number of rotatable bonds is 8. The van der Waals surface area contributed by atoms with Gasteiger partial charge in [-0.1, -0.05) is 6.07 Å². The van der Waals surface area contributed by atoms with E-state index in [9.17, 15) is 4.39 Å². The molecule has 0 saturated carbocycles. The number of halogens is 2. The summed E-state index contributed by atoms with van der Waals surface area (Å²) in [5.41, 5.74) is 0.804. The number of ether oxygens (including phenoxy) is 1. The fourth-order valence-corrected chi connectivity index (χ4v) is 2.25. The van der Waals surface area contributed by atoms with E-state index in [0.29, 0.717) is 13.2 Å². The second kappa shape index (κ2) is 11.7. The Labute approximate surface area is 165 Å². The fourth-order valence-electron chi connectivity index (χ4n) is 2.25. The van der Waals surface area contributed by atoms with Crippen molar-refractivity contribution < 1.29 is 9.13 Å². The normalized spacial score (nSPS) is 10.9. The Morgan fingerprint density at radius 1 is 1.20 bits per heavy atom. The summed E-state index contributed by atoms with van der Waals surface area (Å²) in [5.74, 6) is 0.649. The molecule has 2 rings (SSSR count). The van der Waals surface area contributed by atoms with E-state index in [2.05, 4.69) is 20.2 Å². The Morgan fingerprint density at radius 3 is 2.60 bits per heavy atom. The van der Waals surface area contributed by atoms with Gasteiger partial charge in [-0.25, -0.2) is 9.38 Å². The van der Waals surface area contributed by atoms with Crippen LogP contribution in [0.5, 0.6) is 5.75 Å². The van der Waals surface area contributed by atoms with Gasteiger partial charge in [0.2, 0.25) is 0 Å². The molecule has 0 atom stereocenters. The summed E-state index contributed by atoms with van der Waals surface area (Å²) in [6.07, 6.45) is 4.04. The minimum atomic E-state index is -0.352. The van der Waals surface area contributed by atoms with Crippen LogP contribution in [-0.2, 0) is 13.1 Å². The number of aromatic nitrogens is 1. The highest BCUT2D eigenvalue weighted by molar-refractivity contribution is 14.0. The lowest BCUT2D eigenvalue weighted by atomic mass is 10.2. The van der Waals surface area contributed by atoms with Gasteiger partial charge in [0.15, 0.2) is 17.5 Å². The highest BCUT2D eigenvalue weighted by atomic mass is 127. The van der Waals surface area contributed by atoms with Gasteiger partial charge in [-0.05, 0) is 43.7 Å². The second-order valence-corrected chi connectivity index (χ2v) is 5.24. The lowest BCUT2D eigenvalue weighted by molar-refractivity contribution is 0.321. The number of hydrogen-bond donors (Lipinski definition) is 2. The zero-order chi connectivity index (χ0) is 17.2. The van der Waals surface area contributed by atoms with Gasteiger partial charge in [0, 0.05) is 32.0 Å². The molecular weight excluding hydrogens is 434 g/mol. The first-order chi connectivity index (χ1) is 11.7. The summed E-state index contributed by atoms with van der Waals surface area (Å²) in [7, 11) is 0. The molecule has 0 amide bonds. The van der Waals surface area contributed by atoms with Gasteiger partial charge in [0.25, 0.3) is 0 Å². The molecule has 2 N–H and O–H groups in total. The minimum Gasteiger partial charge on any atom is -0.491 e. The SMILES string of the molecule is CCNC(=NCc1ccc(OCC)c(F)c1)NCCn1cccc1.I. The predicted octanol–water partition coefficient (Wildman–Crippen LogP) is 3.40. The van der Waals surface area contributed by atoms with Gasteiger partial charge < -0.3 is 19.9 Å². The summed E-state index contributed by atoms with van der Waals surface area (Å²) >= 11 is 0. The van der Waals surface area contributed by atoms with Gasteiger partial charge in [-0.3, -0.25) is 0 Å². The molecule has 0 saturated heterocycles. The molecule has 0 aliphatic rings. The Bertz CT molecular complexity index is 647. The van der Waals surface area contributed by atoms with E-state index < -0.39 is 0 Å². The molecule has 2 aromatic rings. The average Bonchev–Trinajstić information content (AvgIpc) is 3.08. The van der Waals surface area contributed by atoms with Crippen LogP contribution in [0.15, 0.2) is 47.7 Å². The standard InChI is InChI=1S/C18H25FN4O.HI/c1-3-20-18(21-9-12-23-10-5-6-11-23)22-14-15-7-8-17(24-4-2)16(19)13-15;/h5-8,10-11,13H,3-4,9,12,14H2,1-2H3,(H2,20,21,22);1H. The van der Waals surface area contributed by atoms with Crippen LogP contribution in [0.3, 0.4) is 0 Å². The third kappa shape index (κ3) is 7.33. The van der Waals surface area contributed by atoms with E-state index >= 15 is 0 Å². The second-order valence-electron chi connectivity index (χ2n) is 5.24. The molecule has 0 radical (unpaired) electrons. The first kappa shape index (κ1) is 21.3. The number of aliphatic imine (C=N–C) groups is 1. The van der Waals surface area contributed by atoms with Crippen LogP contribution in [0, 0.1) is 5.82 Å². The number of nitrogens with zero attached hydrogens (tertiary/aromatic N) is 2. The van der Waals surface area contributed by atoms with Crippen molar-refractivity contribution in [3.05, 3.63) is 54.1 Å². The van der Waals surface area contributed by atoms with Crippen LogP contribution >= 0.6 is 24.0 Å². The quantitative estimate of drug-likeness (QED) is 0.361. The third-order valence-corrected chi connectivity index (χ3v) is 3.39. The van der Waals surface area contributed by atoms with Crippen molar-refractivity contribution in [3.8, 4) is 5.75 Å². The monoisotopic (exact) mass is 460 g/mol. The molecule has 0 spiro atoms. The zero-order valence-electron chi connectivity index (χ0n) is 14.7. The average molecular weight is 460 g/mol. The van der Waals surface area contributed by atoms with Crippen LogP contribution in [0.2, 0.25) is 0 Å². The van der Waals surface area contributed by atoms with Crippen molar-refractivity contribution in [1.82, 2.24) is 15.2 Å². The van der Waals surface area contributed by atoms with Crippen LogP contribution in [0.25, 0.3) is 0 Å². The largest absolute Gasteiger partial charge is 0.491 e. The summed E-state index contributed by atoms with van der Waals surface area (Å²) in [5, 5.41) is 6.47. The summed E-state index contributed by atoms with van der Waals surface area (Å²) < 4.78 is 21.2. The molecule has 7 heteroatoms. The number of nitrogens with one attached hydrogen (secondary N) is 2. The topological polar surface area (TPSA) is 50.6 Å². The van der Waals surface area contributed by atoms with Gasteiger partial charge in [0.1, 0.15) is 0 Å². The molecule has 0 fully saturated rings. The summed E-state index contributed by atoms with van der Waals surface area (Å²) in [4.78, 5) is 4.50. The lowest BCUT2D eigenvalue weighted by Gasteiger charge is -2.12. The van der Waals surface area contributed by atoms with E-state index in [1.165, 1.54) is 6.07 Å². The molecular formula is C18H26FIN4O. The Balaban J connectivity index is 0.00000312. The van der Waals surface area contributed by atoms with Crippen molar-refractivity contribution in [2.24, 2.45) is 4.99 Å². The maximum atomic E-state index is 13.9. The van der Waals surface area contributed by atoms with E-state index in [-0.39, 0.29) is 35.5 Å². The number of guanidine groups is 1. The molecule has 25 heavy (non-hydrogen) atoms. The van der Waals surface area contributed by atoms with Crippen molar-refractivity contribution in [1.29, 1.82) is 0 Å². The molecule has 5 nitrogen and oxygen atoms in total. The highest BCUT2D eigenvalue weighted by Crippen LogP contribution is 2.18. The Hall–Kier alpha value is -1.77. The smallest absolute Gasteiger partial charge is 0.191 e. The van der Waals surface area contributed by atoms with Gasteiger partial charge in [-0.2, -0.15) is 0 Å². The lowest BCUT2D eigenvalue weighted by Crippen LogP contribution is -2.38. The van der Waals surface area contributed by atoms with Crippen molar-refractivity contribution >= 4 is 29.9 Å². The van der Waals surface area contributed by atoms with Crippen LogP contribution in [0.1, 0.15) is 19.4 Å². The third-order valence-electron chi connectivity index (χ3n) is 3.39. The first-order valence-electron chi connectivity index (χ1n) is 8.27. The summed E-state index contributed by atoms with van der Waals surface area (Å²) in [6.45, 7) is 7.09. The molecule has 0 unspecified atom stereocenters. The van der Waals surface area contributed by atoms with Gasteiger partial charge in [0.05, 0.1) is 13.2 Å². The molecule has 0 aliphatic carbocycles. The van der Waals surface area contributed by atoms with Crippen LogP contribution < -0.4 is 15.4 Å². The predicted molar refractivity (Wildman–Crippen MR) is 110 cm³/mol. The number of benzene rings is 1. The van der Waals surface area contributed by atoms with E-state index in [1.807, 2.05) is 44.4 Å². The Kier molecular flexibility index (Phi) is 9.98. The van der Waals surface area contributed by atoms with E-state index in [4.69, 9.17) is 4.74 Å².